The van der Waals surface area contributed by atoms with E-state index >= 15 is 0 Å². The number of hydrogen-bond acceptors (Lipinski definition) is 2. The minimum atomic E-state index is -1.31. The van der Waals surface area contributed by atoms with Gasteiger partial charge in [-0.2, -0.15) is 0 Å². The number of rotatable bonds is 3. The monoisotopic (exact) mass is 262 g/mol. The minimum absolute atomic E-state index is 0.159. The van der Waals surface area contributed by atoms with E-state index in [2.05, 4.69) is 31.1 Å². The van der Waals surface area contributed by atoms with Gasteiger partial charge in [-0.3, -0.25) is 0 Å². The molecule has 0 fully saturated rings. The molecule has 0 spiro atoms. The van der Waals surface area contributed by atoms with Crippen LogP contribution in [-0.4, -0.2) is 20.7 Å². The molecule has 0 aromatic rings. The highest BCUT2D eigenvalue weighted by Crippen LogP contribution is 2.27. The zero-order valence-corrected chi connectivity index (χ0v) is 12.8. The molecule has 0 amide bonds. The molecule has 0 atom stereocenters. The van der Waals surface area contributed by atoms with Gasteiger partial charge in [0.05, 0.1) is 6.61 Å². The van der Waals surface area contributed by atoms with Crippen molar-refractivity contribution in [2.45, 2.75) is 45.8 Å². The summed E-state index contributed by atoms with van der Waals surface area (Å²) >= 11 is 0. The molecule has 3 heteroatoms. The van der Waals surface area contributed by atoms with Crippen molar-refractivity contribution in [2.75, 3.05) is 6.61 Å². The molecule has 2 nitrogen and oxygen atoms in total. The normalized spacial score (nSPS) is 15.8. The maximum atomic E-state index is 11.7. The second kappa shape index (κ2) is 6.60. The Kier molecular flexibility index (Phi) is 5.42. The van der Waals surface area contributed by atoms with Crippen LogP contribution in [0, 0.1) is 11.5 Å². The lowest BCUT2D eigenvalue weighted by Crippen LogP contribution is -2.16. The number of ether oxygens (including phenoxy) is 1. The van der Waals surface area contributed by atoms with Crippen LogP contribution < -0.4 is 0 Å². The first-order chi connectivity index (χ1) is 8.44. The van der Waals surface area contributed by atoms with Crippen molar-refractivity contribution in [3.05, 3.63) is 23.3 Å². The van der Waals surface area contributed by atoms with Crippen molar-refractivity contribution in [2.24, 2.45) is 0 Å². The third-order valence-electron chi connectivity index (χ3n) is 2.60. The van der Waals surface area contributed by atoms with Gasteiger partial charge in [-0.15, -0.1) is 5.54 Å². The standard InChI is InChI=1S/C15H22O2Si/c1-5-17-15(16)14-11-8-10-13(14)9-6-7-12-18(2,3)4/h6,9H,5,8,10-11H2,1-4H3/b9-6+. The van der Waals surface area contributed by atoms with Crippen LogP contribution >= 0.6 is 0 Å². The van der Waals surface area contributed by atoms with E-state index in [0.717, 1.165) is 30.4 Å². The van der Waals surface area contributed by atoms with E-state index in [9.17, 15) is 4.79 Å². The molecular formula is C15H22O2Si. The first-order valence-electron chi connectivity index (χ1n) is 6.52. The lowest BCUT2D eigenvalue weighted by molar-refractivity contribution is -0.138. The predicted octanol–water partition coefficient (Wildman–Crippen LogP) is 3.47. The number of esters is 1. The van der Waals surface area contributed by atoms with Gasteiger partial charge in [0.1, 0.15) is 8.07 Å². The Morgan fingerprint density at radius 3 is 2.72 bits per heavy atom. The van der Waals surface area contributed by atoms with Crippen LogP contribution in [0.2, 0.25) is 19.6 Å². The molecule has 18 heavy (non-hydrogen) atoms. The molecule has 1 rings (SSSR count). The molecule has 0 radical (unpaired) electrons. The second-order valence-electron chi connectivity index (χ2n) is 5.43. The zero-order valence-electron chi connectivity index (χ0n) is 11.8. The van der Waals surface area contributed by atoms with Gasteiger partial charge < -0.3 is 4.74 Å². The van der Waals surface area contributed by atoms with Crippen LogP contribution in [0.15, 0.2) is 23.3 Å². The van der Waals surface area contributed by atoms with E-state index < -0.39 is 8.07 Å². The SMILES string of the molecule is CCOC(=O)C1=C(/C=C/C#C[Si](C)(C)C)CCC1. The Labute approximate surface area is 111 Å². The summed E-state index contributed by atoms with van der Waals surface area (Å²) in [5.41, 5.74) is 5.21. The van der Waals surface area contributed by atoms with Gasteiger partial charge >= 0.3 is 5.97 Å². The summed E-state index contributed by atoms with van der Waals surface area (Å²) in [6.07, 6.45) is 6.68. The maximum absolute atomic E-state index is 11.7. The van der Waals surface area contributed by atoms with E-state index in [4.69, 9.17) is 4.74 Å². The molecule has 0 aromatic carbocycles. The molecule has 0 saturated carbocycles. The fourth-order valence-electron chi connectivity index (χ4n) is 1.80. The fraction of sp³-hybridized carbons (Fsp3) is 0.533. The lowest BCUT2D eigenvalue weighted by Gasteiger charge is -2.03. The Morgan fingerprint density at radius 1 is 1.39 bits per heavy atom. The van der Waals surface area contributed by atoms with Crippen molar-refractivity contribution in [1.82, 2.24) is 0 Å². The number of hydrogen-bond donors (Lipinski definition) is 0. The Balaban J connectivity index is 2.74. The highest BCUT2D eigenvalue weighted by Gasteiger charge is 2.19. The van der Waals surface area contributed by atoms with Crippen molar-refractivity contribution < 1.29 is 9.53 Å². The summed E-state index contributed by atoms with van der Waals surface area (Å²) in [4.78, 5) is 11.7. The molecule has 0 saturated heterocycles. The summed E-state index contributed by atoms with van der Waals surface area (Å²) in [5, 5.41) is 0. The van der Waals surface area contributed by atoms with Crippen LogP contribution in [-0.2, 0) is 9.53 Å². The highest BCUT2D eigenvalue weighted by atomic mass is 28.3. The van der Waals surface area contributed by atoms with Gasteiger partial charge in [0.2, 0.25) is 0 Å². The van der Waals surface area contributed by atoms with Crippen molar-refractivity contribution in [1.29, 1.82) is 0 Å². The molecule has 0 heterocycles. The summed E-state index contributed by atoms with van der Waals surface area (Å²) in [7, 11) is -1.31. The van der Waals surface area contributed by atoms with E-state index in [0.29, 0.717) is 6.61 Å². The topological polar surface area (TPSA) is 26.3 Å². The van der Waals surface area contributed by atoms with E-state index in [1.54, 1.807) is 0 Å². The Morgan fingerprint density at radius 2 is 2.11 bits per heavy atom. The van der Waals surface area contributed by atoms with Crippen LogP contribution in [0.4, 0.5) is 0 Å². The highest BCUT2D eigenvalue weighted by molar-refractivity contribution is 6.83. The Bertz CT molecular complexity index is 428. The fourth-order valence-corrected chi connectivity index (χ4v) is 2.32. The summed E-state index contributed by atoms with van der Waals surface area (Å²) in [6, 6.07) is 0. The summed E-state index contributed by atoms with van der Waals surface area (Å²) in [5.74, 6) is 2.93. The lowest BCUT2D eigenvalue weighted by atomic mass is 10.1. The van der Waals surface area contributed by atoms with Gasteiger partial charge in [0.25, 0.3) is 0 Å². The van der Waals surface area contributed by atoms with Crippen LogP contribution in [0.5, 0.6) is 0 Å². The molecule has 0 aromatic heterocycles. The molecular weight excluding hydrogens is 240 g/mol. The summed E-state index contributed by atoms with van der Waals surface area (Å²) < 4.78 is 5.06. The van der Waals surface area contributed by atoms with Crippen LogP contribution in [0.3, 0.4) is 0 Å². The maximum Gasteiger partial charge on any atom is 0.334 e. The average molecular weight is 262 g/mol. The average Bonchev–Trinajstić information content (AvgIpc) is 2.71. The van der Waals surface area contributed by atoms with Gasteiger partial charge in [-0.25, -0.2) is 4.79 Å². The predicted molar refractivity (Wildman–Crippen MR) is 77.8 cm³/mol. The smallest absolute Gasteiger partial charge is 0.334 e. The number of carbonyl (C=O) groups is 1. The third-order valence-corrected chi connectivity index (χ3v) is 3.49. The largest absolute Gasteiger partial charge is 0.463 e. The zero-order chi connectivity index (χ0) is 13.6. The number of carbonyl (C=O) groups excluding carboxylic acids is 1. The third kappa shape index (κ3) is 4.93. The molecule has 0 bridgehead atoms. The minimum Gasteiger partial charge on any atom is -0.463 e. The first kappa shape index (κ1) is 14.8. The van der Waals surface area contributed by atoms with Crippen molar-refractivity contribution in [3.63, 3.8) is 0 Å². The van der Waals surface area contributed by atoms with E-state index in [-0.39, 0.29) is 5.97 Å². The summed E-state index contributed by atoms with van der Waals surface area (Å²) in [6.45, 7) is 8.92. The first-order valence-corrected chi connectivity index (χ1v) is 10.0. The molecule has 98 valence electrons. The molecule has 1 aliphatic rings. The van der Waals surface area contributed by atoms with E-state index in [1.165, 1.54) is 0 Å². The molecule has 0 N–H and O–H groups in total. The van der Waals surface area contributed by atoms with E-state index in [1.807, 2.05) is 19.1 Å². The second-order valence-corrected chi connectivity index (χ2v) is 10.2. The molecule has 0 unspecified atom stereocenters. The molecule has 0 aliphatic heterocycles. The van der Waals surface area contributed by atoms with Gasteiger partial charge in [-0.05, 0) is 37.8 Å². The van der Waals surface area contributed by atoms with Crippen LogP contribution in [0.25, 0.3) is 0 Å². The van der Waals surface area contributed by atoms with Gasteiger partial charge in [0.15, 0.2) is 0 Å². The van der Waals surface area contributed by atoms with Crippen LogP contribution in [0.1, 0.15) is 26.2 Å². The quantitative estimate of drug-likeness (QED) is 0.442. The van der Waals surface area contributed by atoms with Gasteiger partial charge in [-0.1, -0.05) is 31.6 Å². The van der Waals surface area contributed by atoms with Crippen molar-refractivity contribution in [3.8, 4) is 11.5 Å². The van der Waals surface area contributed by atoms with Crippen molar-refractivity contribution >= 4 is 14.0 Å². The number of allylic oxidation sites excluding steroid dienone is 3. The molecule has 1 aliphatic carbocycles. The Hall–Kier alpha value is -1.27. The van der Waals surface area contributed by atoms with Gasteiger partial charge in [0, 0.05) is 5.57 Å².